The Morgan fingerprint density at radius 2 is 1.58 bits per heavy atom. The van der Waals surface area contributed by atoms with Gasteiger partial charge in [-0.3, -0.25) is 0 Å². The van der Waals surface area contributed by atoms with E-state index in [0.29, 0.717) is 5.56 Å². The lowest BCUT2D eigenvalue weighted by molar-refractivity contribution is -0.144. The Balaban J connectivity index is 2.43. The number of ether oxygens (including phenoxy) is 1. The predicted molar refractivity (Wildman–Crippen MR) is 97.7 cm³/mol. The van der Waals surface area contributed by atoms with Gasteiger partial charge >= 0.3 is 5.97 Å². The van der Waals surface area contributed by atoms with Crippen molar-refractivity contribution >= 4 is 11.7 Å². The van der Waals surface area contributed by atoms with Crippen molar-refractivity contribution in [2.75, 3.05) is 12.4 Å². The molecule has 1 N–H and O–H groups in total. The van der Waals surface area contributed by atoms with Gasteiger partial charge in [0.2, 0.25) is 5.54 Å². The molecule has 2 aromatic rings. The molecule has 3 heteroatoms. The molecule has 24 heavy (non-hydrogen) atoms. The van der Waals surface area contributed by atoms with E-state index >= 15 is 0 Å². The second-order valence-electron chi connectivity index (χ2n) is 6.70. The maximum Gasteiger partial charge on any atom is 0.349 e. The first-order chi connectivity index (χ1) is 11.3. The lowest BCUT2D eigenvalue weighted by atomic mass is 9.86. The van der Waals surface area contributed by atoms with E-state index in [1.54, 1.807) is 0 Å². The summed E-state index contributed by atoms with van der Waals surface area (Å²) in [6, 6.07) is 17.1. The Bertz CT molecular complexity index is 736. The minimum atomic E-state index is -1.36. The molecule has 0 radical (unpaired) electrons. The first kappa shape index (κ1) is 17.6. The number of terminal acetylenes is 1. The number of carbonyl (C=O) groups is 1. The van der Waals surface area contributed by atoms with Crippen LogP contribution in [0.25, 0.3) is 0 Å². The smallest absolute Gasteiger partial charge is 0.349 e. The summed E-state index contributed by atoms with van der Waals surface area (Å²) in [6.07, 6.45) is 5.75. The van der Waals surface area contributed by atoms with Gasteiger partial charge in [-0.15, -0.1) is 6.42 Å². The molecule has 0 aliphatic heterocycles. The van der Waals surface area contributed by atoms with Gasteiger partial charge in [-0.2, -0.15) is 0 Å². The Labute approximate surface area is 144 Å². The van der Waals surface area contributed by atoms with Gasteiger partial charge in [0.1, 0.15) is 0 Å². The molecule has 0 aliphatic carbocycles. The zero-order valence-corrected chi connectivity index (χ0v) is 14.6. The molecule has 0 spiro atoms. The lowest BCUT2D eigenvalue weighted by Gasteiger charge is -2.29. The first-order valence-electron chi connectivity index (χ1n) is 7.84. The zero-order valence-electron chi connectivity index (χ0n) is 14.6. The van der Waals surface area contributed by atoms with E-state index in [-0.39, 0.29) is 5.41 Å². The molecule has 0 amide bonds. The number of esters is 1. The van der Waals surface area contributed by atoms with Crippen LogP contribution in [0.2, 0.25) is 0 Å². The molecule has 2 aromatic carbocycles. The van der Waals surface area contributed by atoms with Gasteiger partial charge < -0.3 is 10.1 Å². The molecule has 0 aliphatic rings. The van der Waals surface area contributed by atoms with E-state index in [0.717, 1.165) is 5.69 Å². The third-order valence-corrected chi connectivity index (χ3v) is 4.00. The highest BCUT2D eigenvalue weighted by atomic mass is 16.5. The van der Waals surface area contributed by atoms with Crippen molar-refractivity contribution in [1.29, 1.82) is 0 Å². The van der Waals surface area contributed by atoms with Gasteiger partial charge in [0.25, 0.3) is 0 Å². The first-order valence-corrected chi connectivity index (χ1v) is 7.84. The molecule has 3 nitrogen and oxygen atoms in total. The molecule has 124 valence electrons. The van der Waals surface area contributed by atoms with Crippen molar-refractivity contribution in [2.24, 2.45) is 0 Å². The van der Waals surface area contributed by atoms with E-state index in [1.165, 1.54) is 12.7 Å². The fourth-order valence-electron chi connectivity index (χ4n) is 2.53. The third kappa shape index (κ3) is 3.44. The lowest BCUT2D eigenvalue weighted by Crippen LogP contribution is -2.43. The minimum Gasteiger partial charge on any atom is -0.466 e. The van der Waals surface area contributed by atoms with Crippen LogP contribution in [0.4, 0.5) is 5.69 Å². The van der Waals surface area contributed by atoms with Crippen LogP contribution in [0.3, 0.4) is 0 Å². The van der Waals surface area contributed by atoms with Crippen LogP contribution < -0.4 is 5.32 Å². The van der Waals surface area contributed by atoms with Crippen LogP contribution in [-0.2, 0) is 20.5 Å². The van der Waals surface area contributed by atoms with Gasteiger partial charge in [0, 0.05) is 11.3 Å². The highest BCUT2D eigenvalue weighted by Crippen LogP contribution is 2.29. The Kier molecular flexibility index (Phi) is 4.99. The predicted octanol–water partition coefficient (Wildman–Crippen LogP) is 4.10. The molecule has 0 unspecified atom stereocenters. The average Bonchev–Trinajstić information content (AvgIpc) is 2.59. The highest BCUT2D eigenvalue weighted by molar-refractivity contribution is 5.90. The quantitative estimate of drug-likeness (QED) is 0.680. The summed E-state index contributed by atoms with van der Waals surface area (Å²) in [6.45, 7) is 6.46. The normalized spacial score (nSPS) is 13.5. The summed E-state index contributed by atoms with van der Waals surface area (Å²) >= 11 is 0. The number of carbonyl (C=O) groups excluding carboxylic acids is 1. The maximum atomic E-state index is 12.5. The Hall–Kier alpha value is -2.73. The Morgan fingerprint density at radius 3 is 2.04 bits per heavy atom. The van der Waals surface area contributed by atoms with E-state index in [4.69, 9.17) is 11.2 Å². The number of hydrogen-bond acceptors (Lipinski definition) is 3. The summed E-state index contributed by atoms with van der Waals surface area (Å²) in [4.78, 5) is 12.5. The SMILES string of the molecule is C#C[C@@](Nc1ccc(C(C)(C)C)cc1)(C(=O)OC)c1ccccc1. The van der Waals surface area contributed by atoms with Gasteiger partial charge in [0.05, 0.1) is 7.11 Å². The van der Waals surface area contributed by atoms with E-state index in [9.17, 15) is 4.79 Å². The third-order valence-electron chi connectivity index (χ3n) is 4.00. The number of nitrogens with one attached hydrogen (secondary N) is 1. The second kappa shape index (κ2) is 6.80. The number of anilines is 1. The number of methoxy groups -OCH3 is 1. The van der Waals surface area contributed by atoms with E-state index < -0.39 is 11.5 Å². The van der Waals surface area contributed by atoms with Crippen LogP contribution in [-0.4, -0.2) is 13.1 Å². The van der Waals surface area contributed by atoms with Crippen molar-refractivity contribution in [3.63, 3.8) is 0 Å². The van der Waals surface area contributed by atoms with Crippen molar-refractivity contribution in [3.05, 3.63) is 65.7 Å². The molecule has 2 rings (SSSR count). The number of hydrogen-bond donors (Lipinski definition) is 1. The number of rotatable bonds is 4. The van der Waals surface area contributed by atoms with Crippen molar-refractivity contribution < 1.29 is 9.53 Å². The van der Waals surface area contributed by atoms with Crippen molar-refractivity contribution in [1.82, 2.24) is 0 Å². The standard InChI is InChI=1S/C21H23NO2/c1-6-21(19(23)24-5,17-10-8-7-9-11-17)22-18-14-12-16(13-15-18)20(2,3)4/h1,7-15,22H,2-5H3/t21-/m0/s1. The summed E-state index contributed by atoms with van der Waals surface area (Å²) in [5.41, 5.74) is 1.33. The van der Waals surface area contributed by atoms with Crippen LogP contribution in [0.15, 0.2) is 54.6 Å². The largest absolute Gasteiger partial charge is 0.466 e. The summed E-state index contributed by atoms with van der Waals surface area (Å²) in [7, 11) is 1.34. The van der Waals surface area contributed by atoms with Crippen LogP contribution in [0.1, 0.15) is 31.9 Å². The zero-order chi connectivity index (χ0) is 17.8. The van der Waals surface area contributed by atoms with Gasteiger partial charge in [-0.1, -0.05) is 69.2 Å². The van der Waals surface area contributed by atoms with Gasteiger partial charge in [0.15, 0.2) is 0 Å². The van der Waals surface area contributed by atoms with Crippen LogP contribution in [0, 0.1) is 12.3 Å². The molecule has 0 fully saturated rings. The average molecular weight is 321 g/mol. The molecule has 0 bridgehead atoms. The molecule has 0 saturated heterocycles. The van der Waals surface area contributed by atoms with Gasteiger partial charge in [-0.25, -0.2) is 4.79 Å². The minimum absolute atomic E-state index is 0.0590. The fourth-order valence-corrected chi connectivity index (χ4v) is 2.53. The monoisotopic (exact) mass is 321 g/mol. The van der Waals surface area contributed by atoms with Crippen LogP contribution >= 0.6 is 0 Å². The summed E-state index contributed by atoms with van der Waals surface area (Å²) in [5, 5.41) is 3.18. The summed E-state index contributed by atoms with van der Waals surface area (Å²) < 4.78 is 4.97. The highest BCUT2D eigenvalue weighted by Gasteiger charge is 2.40. The molecular weight excluding hydrogens is 298 g/mol. The van der Waals surface area contributed by atoms with Crippen molar-refractivity contribution in [2.45, 2.75) is 31.7 Å². The molecule has 0 aromatic heterocycles. The second-order valence-corrected chi connectivity index (χ2v) is 6.70. The topological polar surface area (TPSA) is 38.3 Å². The van der Waals surface area contributed by atoms with Gasteiger partial charge in [-0.05, 0) is 23.1 Å². The van der Waals surface area contributed by atoms with E-state index in [1.807, 2.05) is 54.6 Å². The molecule has 1 atom stereocenters. The fraction of sp³-hybridized carbons (Fsp3) is 0.286. The maximum absolute atomic E-state index is 12.5. The van der Waals surface area contributed by atoms with Crippen LogP contribution in [0.5, 0.6) is 0 Å². The molecule has 0 saturated carbocycles. The molecular formula is C21H23NO2. The van der Waals surface area contributed by atoms with E-state index in [2.05, 4.69) is 32.0 Å². The van der Waals surface area contributed by atoms with Crippen molar-refractivity contribution in [3.8, 4) is 12.3 Å². The Morgan fingerprint density at radius 1 is 1.00 bits per heavy atom. The molecule has 0 heterocycles. The summed E-state index contributed by atoms with van der Waals surface area (Å²) in [5.74, 6) is 2.07. The number of benzene rings is 2.